The van der Waals surface area contributed by atoms with Gasteiger partial charge in [-0.15, -0.1) is 6.42 Å². The van der Waals surface area contributed by atoms with E-state index in [1.807, 2.05) is 13.8 Å². The van der Waals surface area contributed by atoms with Gasteiger partial charge in [-0.1, -0.05) is 44.8 Å². The summed E-state index contributed by atoms with van der Waals surface area (Å²) in [6.45, 7) is 11.2. The highest BCUT2D eigenvalue weighted by Gasteiger charge is 2.69. The van der Waals surface area contributed by atoms with Crippen molar-refractivity contribution in [3.8, 4) is 12.3 Å². The molecule has 0 spiro atoms. The van der Waals surface area contributed by atoms with E-state index in [2.05, 4.69) is 26.7 Å². The van der Waals surface area contributed by atoms with Gasteiger partial charge in [0.05, 0.1) is 20.4 Å². The summed E-state index contributed by atoms with van der Waals surface area (Å²) < 4.78 is 17.7. The summed E-state index contributed by atoms with van der Waals surface area (Å²) in [5.41, 5.74) is -0.297. The van der Waals surface area contributed by atoms with E-state index >= 15 is 0 Å². The van der Waals surface area contributed by atoms with Crippen molar-refractivity contribution < 1.29 is 14.2 Å². The van der Waals surface area contributed by atoms with Crippen molar-refractivity contribution in [1.82, 2.24) is 0 Å². The van der Waals surface area contributed by atoms with Crippen molar-refractivity contribution in [1.29, 1.82) is 0 Å². The van der Waals surface area contributed by atoms with Crippen LogP contribution in [0.2, 0.25) is 18.1 Å². The standard InChI is InChI=1S/C15H26O3Si/c1-7-15(12-11-16-14(5,6)17-12)13(18-15)19(8-2,9-3)10-4/h1,12-13H,8-11H2,2-6H3/t12-,13-,15+/m1/s1. The van der Waals surface area contributed by atoms with Gasteiger partial charge in [0.1, 0.15) is 6.10 Å². The Morgan fingerprint density at radius 3 is 2.11 bits per heavy atom. The van der Waals surface area contributed by atoms with Crippen LogP contribution in [0.4, 0.5) is 0 Å². The lowest BCUT2D eigenvalue weighted by Gasteiger charge is -2.28. The molecule has 2 fully saturated rings. The van der Waals surface area contributed by atoms with Crippen LogP contribution in [-0.4, -0.2) is 37.9 Å². The predicted octanol–water partition coefficient (Wildman–Crippen LogP) is 2.96. The Morgan fingerprint density at radius 2 is 1.74 bits per heavy atom. The third kappa shape index (κ3) is 2.27. The second-order valence-corrected chi connectivity index (χ2v) is 11.5. The van der Waals surface area contributed by atoms with Crippen molar-refractivity contribution in [2.75, 3.05) is 6.61 Å². The van der Waals surface area contributed by atoms with Crippen LogP contribution in [0.15, 0.2) is 0 Å². The molecule has 2 aliphatic rings. The molecular formula is C15H26O3Si. The summed E-state index contributed by atoms with van der Waals surface area (Å²) in [7, 11) is -1.45. The number of hydrogen-bond donors (Lipinski definition) is 0. The van der Waals surface area contributed by atoms with Crippen LogP contribution in [0.5, 0.6) is 0 Å². The highest BCUT2D eigenvalue weighted by molar-refractivity contribution is 6.81. The number of rotatable bonds is 5. The second kappa shape index (κ2) is 4.89. The summed E-state index contributed by atoms with van der Waals surface area (Å²) >= 11 is 0. The highest BCUT2D eigenvalue weighted by Crippen LogP contribution is 2.51. The summed E-state index contributed by atoms with van der Waals surface area (Å²) in [5.74, 6) is 2.36. The smallest absolute Gasteiger partial charge is 0.179 e. The SMILES string of the molecule is C#C[C@@]1([C@H]2COC(C)(C)O2)O[C@@H]1[Si](CC)(CC)CC. The van der Waals surface area contributed by atoms with Crippen LogP contribution in [-0.2, 0) is 14.2 Å². The molecule has 3 nitrogen and oxygen atoms in total. The number of epoxide rings is 1. The average molecular weight is 282 g/mol. The lowest BCUT2D eigenvalue weighted by atomic mass is 10.1. The molecule has 4 heteroatoms. The summed E-state index contributed by atoms with van der Waals surface area (Å²) in [6, 6.07) is 3.64. The van der Waals surface area contributed by atoms with Gasteiger partial charge >= 0.3 is 0 Å². The molecule has 2 rings (SSSR count). The zero-order chi connectivity index (χ0) is 14.3. The maximum Gasteiger partial charge on any atom is 0.179 e. The zero-order valence-electron chi connectivity index (χ0n) is 12.8. The third-order valence-corrected chi connectivity index (χ3v) is 10.9. The molecule has 2 saturated heterocycles. The van der Waals surface area contributed by atoms with Crippen LogP contribution >= 0.6 is 0 Å². The van der Waals surface area contributed by atoms with Gasteiger partial charge in [-0.25, -0.2) is 0 Å². The van der Waals surface area contributed by atoms with Crippen LogP contribution in [0.3, 0.4) is 0 Å². The van der Waals surface area contributed by atoms with E-state index in [-0.39, 0.29) is 11.8 Å². The van der Waals surface area contributed by atoms with Gasteiger partial charge in [0.15, 0.2) is 11.4 Å². The fourth-order valence-electron chi connectivity index (χ4n) is 3.39. The maximum absolute atomic E-state index is 6.09. The lowest BCUT2D eigenvalue weighted by molar-refractivity contribution is -0.143. The molecule has 108 valence electrons. The molecule has 2 heterocycles. The molecule has 0 unspecified atom stereocenters. The van der Waals surface area contributed by atoms with Crippen molar-refractivity contribution in [3.63, 3.8) is 0 Å². The molecule has 0 aromatic heterocycles. The van der Waals surface area contributed by atoms with Crippen LogP contribution in [0.25, 0.3) is 0 Å². The first kappa shape index (κ1) is 15.1. The summed E-state index contributed by atoms with van der Waals surface area (Å²) in [5, 5.41) is 0. The van der Waals surface area contributed by atoms with Crippen LogP contribution in [0, 0.1) is 12.3 Å². The number of hydrogen-bond acceptors (Lipinski definition) is 3. The minimum Gasteiger partial charge on any atom is -0.353 e. The van der Waals surface area contributed by atoms with E-state index in [0.717, 1.165) is 0 Å². The van der Waals surface area contributed by atoms with Crippen LogP contribution in [0.1, 0.15) is 34.6 Å². The first-order valence-electron chi connectivity index (χ1n) is 7.37. The van der Waals surface area contributed by atoms with Crippen molar-refractivity contribution >= 4 is 8.07 Å². The fraction of sp³-hybridized carbons (Fsp3) is 0.867. The molecule has 0 saturated carbocycles. The monoisotopic (exact) mass is 282 g/mol. The Morgan fingerprint density at radius 1 is 1.16 bits per heavy atom. The zero-order valence-corrected chi connectivity index (χ0v) is 13.8. The Bertz CT molecular complexity index is 375. The quantitative estimate of drug-likeness (QED) is 0.441. The van der Waals surface area contributed by atoms with E-state index in [1.54, 1.807) is 0 Å². The van der Waals surface area contributed by atoms with E-state index in [4.69, 9.17) is 20.6 Å². The van der Waals surface area contributed by atoms with E-state index in [9.17, 15) is 0 Å². The van der Waals surface area contributed by atoms with Crippen LogP contribution < -0.4 is 0 Å². The third-order valence-electron chi connectivity index (χ3n) is 5.03. The van der Waals surface area contributed by atoms with Crippen molar-refractivity contribution in [2.45, 2.75) is 76.0 Å². The molecule has 0 aromatic rings. The Kier molecular flexibility index (Phi) is 3.87. The molecule has 0 aliphatic carbocycles. The topological polar surface area (TPSA) is 31.0 Å². The van der Waals surface area contributed by atoms with Gasteiger partial charge in [0, 0.05) is 0 Å². The minimum absolute atomic E-state index is 0.117. The van der Waals surface area contributed by atoms with Crippen molar-refractivity contribution in [3.05, 3.63) is 0 Å². The summed E-state index contributed by atoms with van der Waals surface area (Å²) in [4.78, 5) is 0. The van der Waals surface area contributed by atoms with Crippen molar-refractivity contribution in [2.24, 2.45) is 0 Å². The molecule has 0 bridgehead atoms. The first-order chi connectivity index (χ1) is 8.89. The van der Waals surface area contributed by atoms with E-state index in [0.29, 0.717) is 6.61 Å². The molecule has 0 radical (unpaired) electrons. The highest BCUT2D eigenvalue weighted by atomic mass is 28.3. The molecule has 0 N–H and O–H groups in total. The van der Waals surface area contributed by atoms with Gasteiger partial charge < -0.3 is 14.2 Å². The average Bonchev–Trinajstić information content (AvgIpc) is 3.04. The maximum atomic E-state index is 6.09. The van der Waals surface area contributed by atoms with Gasteiger partial charge in [0.2, 0.25) is 0 Å². The van der Waals surface area contributed by atoms with Gasteiger partial charge in [-0.2, -0.15) is 0 Å². The number of ether oxygens (including phenoxy) is 3. The molecule has 3 atom stereocenters. The van der Waals surface area contributed by atoms with Gasteiger partial charge in [-0.05, 0) is 13.8 Å². The molecule has 19 heavy (non-hydrogen) atoms. The predicted molar refractivity (Wildman–Crippen MR) is 78.5 cm³/mol. The van der Waals surface area contributed by atoms with E-state index in [1.165, 1.54) is 18.1 Å². The Balaban J connectivity index is 2.19. The Hall–Kier alpha value is -0.343. The summed E-state index contributed by atoms with van der Waals surface area (Å²) in [6.07, 6.45) is 5.68. The molecule has 2 aliphatic heterocycles. The molecular weight excluding hydrogens is 256 g/mol. The van der Waals surface area contributed by atoms with Gasteiger partial charge in [-0.3, -0.25) is 0 Å². The normalized spacial score (nSPS) is 37.1. The number of terminal acetylenes is 1. The second-order valence-electron chi connectivity index (χ2n) is 6.18. The minimum atomic E-state index is -1.45. The van der Waals surface area contributed by atoms with Gasteiger partial charge in [0.25, 0.3) is 0 Å². The first-order valence-corrected chi connectivity index (χ1v) is 10.1. The molecule has 0 aromatic carbocycles. The fourth-order valence-corrected chi connectivity index (χ4v) is 7.63. The lowest BCUT2D eigenvalue weighted by Crippen LogP contribution is -2.46. The molecule has 0 amide bonds. The largest absolute Gasteiger partial charge is 0.353 e. The van der Waals surface area contributed by atoms with E-state index < -0.39 is 19.5 Å². The Labute approximate surface area is 118 Å².